The smallest absolute Gasteiger partial charge is 0.331 e. The SMILES string of the molecule is COC(=O)/C=C/N(Cc1ccccc1)Cc1ccccc1. The van der Waals surface area contributed by atoms with Gasteiger partial charge in [0.2, 0.25) is 0 Å². The number of hydrogen-bond donors (Lipinski definition) is 0. The fraction of sp³-hybridized carbons (Fsp3) is 0.167. The maximum atomic E-state index is 11.3. The second-order valence-corrected chi connectivity index (χ2v) is 4.72. The molecule has 0 aliphatic heterocycles. The summed E-state index contributed by atoms with van der Waals surface area (Å²) in [5.74, 6) is -0.346. The Morgan fingerprint density at radius 1 is 0.952 bits per heavy atom. The predicted octanol–water partition coefficient (Wildman–Crippen LogP) is 3.38. The van der Waals surface area contributed by atoms with Crippen LogP contribution in [-0.2, 0) is 22.6 Å². The summed E-state index contributed by atoms with van der Waals surface area (Å²) in [6.07, 6.45) is 3.23. The lowest BCUT2D eigenvalue weighted by Crippen LogP contribution is -2.17. The Morgan fingerprint density at radius 3 is 1.86 bits per heavy atom. The number of ether oxygens (including phenoxy) is 1. The second kappa shape index (κ2) is 7.90. The van der Waals surface area contributed by atoms with E-state index in [-0.39, 0.29) is 5.97 Å². The van der Waals surface area contributed by atoms with E-state index in [4.69, 9.17) is 0 Å². The van der Waals surface area contributed by atoms with Gasteiger partial charge in [-0.2, -0.15) is 0 Å². The van der Waals surface area contributed by atoms with E-state index in [0.29, 0.717) is 0 Å². The van der Waals surface area contributed by atoms with Crippen LogP contribution in [0.1, 0.15) is 11.1 Å². The van der Waals surface area contributed by atoms with Crippen LogP contribution in [0, 0.1) is 0 Å². The Balaban J connectivity index is 2.10. The molecule has 0 aliphatic rings. The Kier molecular flexibility index (Phi) is 5.59. The minimum Gasteiger partial charge on any atom is -0.466 e. The van der Waals surface area contributed by atoms with Gasteiger partial charge in [0, 0.05) is 25.4 Å². The summed E-state index contributed by atoms with van der Waals surface area (Å²) in [6, 6.07) is 20.3. The number of benzene rings is 2. The molecule has 2 aromatic rings. The molecule has 0 atom stereocenters. The minimum atomic E-state index is -0.346. The first-order chi connectivity index (χ1) is 10.3. The summed E-state index contributed by atoms with van der Waals surface area (Å²) >= 11 is 0. The highest BCUT2D eigenvalue weighted by Crippen LogP contribution is 2.10. The van der Waals surface area contributed by atoms with Crippen LogP contribution in [0.15, 0.2) is 72.9 Å². The van der Waals surface area contributed by atoms with Crippen molar-refractivity contribution < 1.29 is 9.53 Å². The van der Waals surface area contributed by atoms with Gasteiger partial charge in [-0.1, -0.05) is 60.7 Å². The summed E-state index contributed by atoms with van der Waals surface area (Å²) < 4.78 is 4.65. The summed E-state index contributed by atoms with van der Waals surface area (Å²) in [5, 5.41) is 0. The number of methoxy groups -OCH3 is 1. The normalized spacial score (nSPS) is 10.5. The number of hydrogen-bond acceptors (Lipinski definition) is 3. The zero-order valence-electron chi connectivity index (χ0n) is 12.1. The van der Waals surface area contributed by atoms with Gasteiger partial charge in [-0.3, -0.25) is 0 Å². The van der Waals surface area contributed by atoms with E-state index in [2.05, 4.69) is 33.9 Å². The number of carbonyl (C=O) groups excluding carboxylic acids is 1. The van der Waals surface area contributed by atoms with Crippen molar-refractivity contribution in [3.05, 3.63) is 84.1 Å². The summed E-state index contributed by atoms with van der Waals surface area (Å²) in [6.45, 7) is 1.48. The van der Waals surface area contributed by atoms with Crippen LogP contribution in [0.2, 0.25) is 0 Å². The van der Waals surface area contributed by atoms with Gasteiger partial charge in [-0.05, 0) is 11.1 Å². The molecule has 0 bridgehead atoms. The molecule has 0 amide bonds. The van der Waals surface area contributed by atoms with Crippen LogP contribution in [0.3, 0.4) is 0 Å². The fourth-order valence-electron chi connectivity index (χ4n) is 2.03. The molecule has 0 aliphatic carbocycles. The Labute approximate surface area is 125 Å². The lowest BCUT2D eigenvalue weighted by molar-refractivity contribution is -0.134. The van der Waals surface area contributed by atoms with Crippen LogP contribution in [0.5, 0.6) is 0 Å². The summed E-state index contributed by atoms with van der Waals surface area (Å²) in [5.41, 5.74) is 2.39. The zero-order chi connectivity index (χ0) is 14.9. The van der Waals surface area contributed by atoms with E-state index < -0.39 is 0 Å². The molecule has 3 nitrogen and oxygen atoms in total. The molecule has 0 heterocycles. The molecule has 0 fully saturated rings. The Morgan fingerprint density at radius 2 is 1.43 bits per heavy atom. The number of esters is 1. The quantitative estimate of drug-likeness (QED) is 0.600. The van der Waals surface area contributed by atoms with Gasteiger partial charge in [0.15, 0.2) is 0 Å². The van der Waals surface area contributed by atoms with E-state index in [1.165, 1.54) is 24.3 Å². The highest BCUT2D eigenvalue weighted by molar-refractivity contribution is 5.81. The van der Waals surface area contributed by atoms with Gasteiger partial charge in [0.25, 0.3) is 0 Å². The standard InChI is InChI=1S/C18H19NO2/c1-21-18(20)12-13-19(14-16-8-4-2-5-9-16)15-17-10-6-3-7-11-17/h2-13H,14-15H2,1H3/b13-12+. The average Bonchev–Trinajstić information content (AvgIpc) is 2.54. The lowest BCUT2D eigenvalue weighted by atomic mass is 10.2. The predicted molar refractivity (Wildman–Crippen MR) is 83.3 cm³/mol. The highest BCUT2D eigenvalue weighted by Gasteiger charge is 2.03. The third kappa shape index (κ3) is 5.15. The second-order valence-electron chi connectivity index (χ2n) is 4.72. The summed E-state index contributed by atoms with van der Waals surface area (Å²) in [4.78, 5) is 13.4. The maximum absolute atomic E-state index is 11.3. The van der Waals surface area contributed by atoms with Gasteiger partial charge in [0.05, 0.1) is 7.11 Å². The first-order valence-corrected chi connectivity index (χ1v) is 6.86. The molecule has 0 N–H and O–H groups in total. The maximum Gasteiger partial charge on any atom is 0.331 e. The third-order valence-corrected chi connectivity index (χ3v) is 3.08. The van der Waals surface area contributed by atoms with Crippen molar-refractivity contribution in [1.29, 1.82) is 0 Å². The van der Waals surface area contributed by atoms with Crippen LogP contribution in [0.4, 0.5) is 0 Å². The van der Waals surface area contributed by atoms with Crippen LogP contribution in [-0.4, -0.2) is 18.0 Å². The van der Waals surface area contributed by atoms with E-state index in [0.717, 1.165) is 13.1 Å². The van der Waals surface area contributed by atoms with Crippen molar-refractivity contribution in [2.45, 2.75) is 13.1 Å². The van der Waals surface area contributed by atoms with Crippen molar-refractivity contribution in [3.8, 4) is 0 Å². The van der Waals surface area contributed by atoms with Gasteiger partial charge in [-0.15, -0.1) is 0 Å². The largest absolute Gasteiger partial charge is 0.466 e. The molecule has 0 unspecified atom stereocenters. The van der Waals surface area contributed by atoms with Gasteiger partial charge < -0.3 is 9.64 Å². The molecule has 21 heavy (non-hydrogen) atoms. The molecule has 2 aromatic carbocycles. The van der Waals surface area contributed by atoms with Crippen molar-refractivity contribution in [2.24, 2.45) is 0 Å². The molecule has 0 saturated heterocycles. The zero-order valence-corrected chi connectivity index (χ0v) is 12.1. The van der Waals surface area contributed by atoms with E-state index in [1.807, 2.05) is 36.4 Å². The molecule has 0 radical (unpaired) electrons. The van der Waals surface area contributed by atoms with E-state index in [9.17, 15) is 4.79 Å². The average molecular weight is 281 g/mol. The number of rotatable bonds is 6. The fourth-order valence-corrected chi connectivity index (χ4v) is 2.03. The summed E-state index contributed by atoms with van der Waals surface area (Å²) in [7, 11) is 1.38. The number of nitrogens with zero attached hydrogens (tertiary/aromatic N) is 1. The van der Waals surface area contributed by atoms with Gasteiger partial charge >= 0.3 is 5.97 Å². The monoisotopic (exact) mass is 281 g/mol. The molecular weight excluding hydrogens is 262 g/mol. The highest BCUT2D eigenvalue weighted by atomic mass is 16.5. The van der Waals surface area contributed by atoms with E-state index in [1.54, 1.807) is 6.20 Å². The van der Waals surface area contributed by atoms with Crippen molar-refractivity contribution in [1.82, 2.24) is 4.90 Å². The van der Waals surface area contributed by atoms with Crippen molar-refractivity contribution >= 4 is 5.97 Å². The topological polar surface area (TPSA) is 29.5 Å². The molecule has 0 spiro atoms. The molecule has 0 saturated carbocycles. The van der Waals surface area contributed by atoms with Crippen LogP contribution in [0.25, 0.3) is 0 Å². The van der Waals surface area contributed by atoms with Gasteiger partial charge in [-0.25, -0.2) is 4.79 Å². The third-order valence-electron chi connectivity index (χ3n) is 3.08. The Bertz CT molecular complexity index is 537. The van der Waals surface area contributed by atoms with Crippen molar-refractivity contribution in [3.63, 3.8) is 0 Å². The molecule has 0 aromatic heterocycles. The molecule has 108 valence electrons. The minimum absolute atomic E-state index is 0.346. The number of carbonyl (C=O) groups is 1. The first kappa shape index (κ1) is 14.9. The van der Waals surface area contributed by atoms with Crippen LogP contribution >= 0.6 is 0 Å². The molecule has 3 heteroatoms. The lowest BCUT2D eigenvalue weighted by Gasteiger charge is -2.20. The van der Waals surface area contributed by atoms with Crippen molar-refractivity contribution in [2.75, 3.05) is 7.11 Å². The Hall–Kier alpha value is -2.55. The molecule has 2 rings (SSSR count). The van der Waals surface area contributed by atoms with Gasteiger partial charge in [0.1, 0.15) is 0 Å². The van der Waals surface area contributed by atoms with E-state index >= 15 is 0 Å². The first-order valence-electron chi connectivity index (χ1n) is 6.86. The molecular formula is C18H19NO2. The van der Waals surface area contributed by atoms with Crippen LogP contribution < -0.4 is 0 Å².